The molecule has 0 spiro atoms. The van der Waals surface area contributed by atoms with E-state index < -0.39 is 0 Å². The third-order valence-corrected chi connectivity index (χ3v) is 3.25. The van der Waals surface area contributed by atoms with Gasteiger partial charge in [-0.1, -0.05) is 0 Å². The minimum Gasteiger partial charge on any atom is -0.465 e. The van der Waals surface area contributed by atoms with Crippen LogP contribution in [-0.4, -0.2) is 32.7 Å². The fraction of sp³-hybridized carbons (Fsp3) is 0.0909. The summed E-state index contributed by atoms with van der Waals surface area (Å²) in [6.45, 7) is 0. The summed E-state index contributed by atoms with van der Waals surface area (Å²) in [7, 11) is 1.35. The molecule has 0 aliphatic carbocycles. The van der Waals surface area contributed by atoms with E-state index in [9.17, 15) is 4.79 Å². The first kappa shape index (κ1) is 10.8. The standard InChI is InChI=1S/C11H8N4O2S/c1-17-11(16)7-2-3-9-13-14-10(15(9)5-7)8-4-12-6-18-8/h2-6H,1H3. The Hall–Kier alpha value is -2.28. The molecule has 0 aromatic carbocycles. The second-order valence-corrected chi connectivity index (χ2v) is 4.41. The van der Waals surface area contributed by atoms with E-state index in [4.69, 9.17) is 0 Å². The zero-order valence-electron chi connectivity index (χ0n) is 9.40. The van der Waals surface area contributed by atoms with Gasteiger partial charge in [0, 0.05) is 12.4 Å². The number of aromatic nitrogens is 4. The second kappa shape index (κ2) is 4.19. The zero-order valence-corrected chi connectivity index (χ0v) is 10.2. The maximum absolute atomic E-state index is 11.5. The number of hydrogen-bond acceptors (Lipinski definition) is 6. The number of esters is 1. The normalized spacial score (nSPS) is 10.7. The zero-order chi connectivity index (χ0) is 12.5. The van der Waals surface area contributed by atoms with E-state index >= 15 is 0 Å². The van der Waals surface area contributed by atoms with Crippen molar-refractivity contribution in [1.29, 1.82) is 0 Å². The number of carbonyl (C=O) groups excluding carboxylic acids is 1. The van der Waals surface area contributed by atoms with Crippen molar-refractivity contribution in [2.75, 3.05) is 7.11 Å². The molecule has 0 aliphatic heterocycles. The maximum atomic E-state index is 11.5. The summed E-state index contributed by atoms with van der Waals surface area (Å²) in [6, 6.07) is 3.39. The molecular formula is C11H8N4O2S. The highest BCUT2D eigenvalue weighted by Gasteiger charge is 2.12. The Balaban J connectivity index is 2.19. The lowest BCUT2D eigenvalue weighted by atomic mass is 10.3. The largest absolute Gasteiger partial charge is 0.465 e. The smallest absolute Gasteiger partial charge is 0.339 e. The average molecular weight is 260 g/mol. The lowest BCUT2D eigenvalue weighted by Gasteiger charge is -2.01. The summed E-state index contributed by atoms with van der Waals surface area (Å²) in [6.07, 6.45) is 3.38. The summed E-state index contributed by atoms with van der Waals surface area (Å²) >= 11 is 1.46. The van der Waals surface area contributed by atoms with Gasteiger partial charge in [-0.15, -0.1) is 21.5 Å². The van der Waals surface area contributed by atoms with Crippen LogP contribution in [0.5, 0.6) is 0 Å². The third-order valence-electron chi connectivity index (χ3n) is 2.48. The Morgan fingerprint density at radius 3 is 3.00 bits per heavy atom. The molecule has 0 bridgehead atoms. The maximum Gasteiger partial charge on any atom is 0.339 e. The molecule has 0 saturated carbocycles. The van der Waals surface area contributed by atoms with Crippen LogP contribution < -0.4 is 0 Å². The van der Waals surface area contributed by atoms with Gasteiger partial charge >= 0.3 is 5.97 Å². The molecule has 7 heteroatoms. The lowest BCUT2D eigenvalue weighted by Crippen LogP contribution is -2.03. The molecule has 0 amide bonds. The summed E-state index contributed by atoms with van der Waals surface area (Å²) < 4.78 is 6.44. The van der Waals surface area contributed by atoms with Crippen LogP contribution in [0.1, 0.15) is 10.4 Å². The van der Waals surface area contributed by atoms with Crippen LogP contribution in [0.3, 0.4) is 0 Å². The predicted molar refractivity (Wildman–Crippen MR) is 65.4 cm³/mol. The van der Waals surface area contributed by atoms with Gasteiger partial charge in [-0.25, -0.2) is 4.79 Å². The molecule has 0 unspecified atom stereocenters. The van der Waals surface area contributed by atoms with E-state index in [-0.39, 0.29) is 5.97 Å². The Morgan fingerprint density at radius 1 is 1.39 bits per heavy atom. The van der Waals surface area contributed by atoms with Crippen molar-refractivity contribution in [1.82, 2.24) is 19.6 Å². The summed E-state index contributed by atoms with van der Waals surface area (Å²) in [4.78, 5) is 16.4. The molecule has 0 aliphatic rings. The van der Waals surface area contributed by atoms with Gasteiger partial charge in [-0.3, -0.25) is 9.38 Å². The number of fused-ring (bicyclic) bond motifs is 1. The monoisotopic (exact) mass is 260 g/mol. The van der Waals surface area contributed by atoms with Crippen molar-refractivity contribution in [3.8, 4) is 10.7 Å². The van der Waals surface area contributed by atoms with E-state index in [1.54, 1.807) is 34.4 Å². The summed E-state index contributed by atoms with van der Waals surface area (Å²) in [5, 5.41) is 8.14. The number of methoxy groups -OCH3 is 1. The number of hydrogen-bond donors (Lipinski definition) is 0. The molecule has 3 aromatic heterocycles. The number of ether oxygens (including phenoxy) is 1. The van der Waals surface area contributed by atoms with Gasteiger partial charge in [-0.05, 0) is 12.1 Å². The number of carbonyl (C=O) groups is 1. The third kappa shape index (κ3) is 1.65. The highest BCUT2D eigenvalue weighted by molar-refractivity contribution is 7.13. The van der Waals surface area contributed by atoms with Gasteiger partial charge < -0.3 is 4.74 Å². The van der Waals surface area contributed by atoms with Gasteiger partial charge in [0.2, 0.25) is 0 Å². The predicted octanol–water partition coefficient (Wildman–Crippen LogP) is 1.64. The Labute approximate surface area is 106 Å². The van der Waals surface area contributed by atoms with Crippen molar-refractivity contribution < 1.29 is 9.53 Å². The van der Waals surface area contributed by atoms with Crippen LogP contribution in [0.2, 0.25) is 0 Å². The molecular weight excluding hydrogens is 252 g/mol. The molecule has 0 radical (unpaired) electrons. The molecule has 18 heavy (non-hydrogen) atoms. The highest BCUT2D eigenvalue weighted by atomic mass is 32.1. The fourth-order valence-electron chi connectivity index (χ4n) is 1.62. The van der Waals surface area contributed by atoms with Crippen LogP contribution in [0.25, 0.3) is 16.3 Å². The van der Waals surface area contributed by atoms with Gasteiger partial charge in [0.15, 0.2) is 11.5 Å². The van der Waals surface area contributed by atoms with Crippen molar-refractivity contribution in [3.05, 3.63) is 35.6 Å². The fourth-order valence-corrected chi connectivity index (χ4v) is 2.23. The van der Waals surface area contributed by atoms with Gasteiger partial charge in [0.1, 0.15) is 0 Å². The molecule has 0 N–H and O–H groups in total. The molecule has 6 nitrogen and oxygen atoms in total. The molecule has 90 valence electrons. The first-order valence-electron chi connectivity index (χ1n) is 5.11. The number of thiazole rings is 1. The van der Waals surface area contributed by atoms with E-state index in [0.29, 0.717) is 17.0 Å². The molecule has 0 atom stereocenters. The van der Waals surface area contributed by atoms with E-state index in [1.807, 2.05) is 0 Å². The topological polar surface area (TPSA) is 69.4 Å². The van der Waals surface area contributed by atoms with Crippen LogP contribution in [-0.2, 0) is 4.74 Å². The second-order valence-electron chi connectivity index (χ2n) is 3.53. The number of pyridine rings is 1. The van der Waals surface area contributed by atoms with Crippen LogP contribution >= 0.6 is 11.3 Å². The van der Waals surface area contributed by atoms with Crippen molar-refractivity contribution >= 4 is 23.0 Å². The van der Waals surface area contributed by atoms with Crippen LogP contribution in [0, 0.1) is 0 Å². The van der Waals surface area contributed by atoms with Crippen LogP contribution in [0.15, 0.2) is 30.0 Å². The van der Waals surface area contributed by atoms with E-state index in [1.165, 1.54) is 18.4 Å². The molecule has 0 fully saturated rings. The lowest BCUT2D eigenvalue weighted by molar-refractivity contribution is 0.0600. The first-order chi connectivity index (χ1) is 8.79. The average Bonchev–Trinajstić information content (AvgIpc) is 3.05. The Bertz CT molecular complexity index is 705. The minimum atomic E-state index is -0.388. The first-order valence-corrected chi connectivity index (χ1v) is 5.99. The van der Waals surface area contributed by atoms with Crippen molar-refractivity contribution in [2.45, 2.75) is 0 Å². The highest BCUT2D eigenvalue weighted by Crippen LogP contribution is 2.22. The van der Waals surface area contributed by atoms with E-state index in [2.05, 4.69) is 19.9 Å². The Kier molecular flexibility index (Phi) is 2.52. The van der Waals surface area contributed by atoms with Gasteiger partial charge in [-0.2, -0.15) is 0 Å². The molecule has 3 rings (SSSR count). The van der Waals surface area contributed by atoms with Gasteiger partial charge in [0.05, 0.1) is 23.1 Å². The number of rotatable bonds is 2. The quantitative estimate of drug-likeness (QED) is 0.655. The van der Waals surface area contributed by atoms with Crippen molar-refractivity contribution in [2.24, 2.45) is 0 Å². The van der Waals surface area contributed by atoms with E-state index in [0.717, 1.165) is 4.88 Å². The minimum absolute atomic E-state index is 0.388. The molecule has 0 saturated heterocycles. The van der Waals surface area contributed by atoms with Crippen LogP contribution in [0.4, 0.5) is 0 Å². The Morgan fingerprint density at radius 2 is 2.28 bits per heavy atom. The summed E-state index contributed by atoms with van der Waals surface area (Å²) in [5.41, 5.74) is 2.85. The van der Waals surface area contributed by atoms with Gasteiger partial charge in [0.25, 0.3) is 0 Å². The number of nitrogens with zero attached hydrogens (tertiary/aromatic N) is 4. The molecule has 3 heterocycles. The summed E-state index contributed by atoms with van der Waals surface area (Å²) in [5.74, 6) is 0.277. The molecule has 3 aromatic rings. The SMILES string of the molecule is COC(=O)c1ccc2nnc(-c3cncs3)n2c1. The van der Waals surface area contributed by atoms with Crippen molar-refractivity contribution in [3.63, 3.8) is 0 Å².